The number of nitrogens with zero attached hydrogens (tertiary/aromatic N) is 2. The Balaban J connectivity index is 1.58. The van der Waals surface area contributed by atoms with Gasteiger partial charge in [-0.05, 0) is 18.4 Å². The Hall–Kier alpha value is -2.04. The summed E-state index contributed by atoms with van der Waals surface area (Å²) in [6.45, 7) is 2.75. The fourth-order valence-corrected chi connectivity index (χ4v) is 2.71. The molecule has 1 unspecified atom stereocenters. The molecule has 0 aromatic heterocycles. The minimum Gasteiger partial charge on any atom is -0.445 e. The van der Waals surface area contributed by atoms with Crippen molar-refractivity contribution in [2.45, 2.75) is 25.5 Å². The summed E-state index contributed by atoms with van der Waals surface area (Å²) in [5, 5.41) is 3.26. The summed E-state index contributed by atoms with van der Waals surface area (Å²) >= 11 is 0. The molecule has 20 heavy (non-hydrogen) atoms. The summed E-state index contributed by atoms with van der Waals surface area (Å²) < 4.78 is 5.41. The Kier molecular flexibility index (Phi) is 3.85. The Morgan fingerprint density at radius 3 is 3.00 bits per heavy atom. The van der Waals surface area contributed by atoms with E-state index < -0.39 is 0 Å². The average molecular weight is 273 g/mol. The lowest BCUT2D eigenvalue weighted by Gasteiger charge is -2.24. The summed E-state index contributed by atoms with van der Waals surface area (Å²) in [4.78, 5) is 18.4. The van der Waals surface area contributed by atoms with E-state index in [1.54, 1.807) is 4.90 Å². The van der Waals surface area contributed by atoms with Crippen LogP contribution in [0.3, 0.4) is 0 Å². The van der Waals surface area contributed by atoms with Crippen LogP contribution in [0.1, 0.15) is 18.4 Å². The average Bonchev–Trinajstić information content (AvgIpc) is 3.15. The van der Waals surface area contributed by atoms with Gasteiger partial charge >= 0.3 is 6.09 Å². The van der Waals surface area contributed by atoms with Crippen LogP contribution >= 0.6 is 0 Å². The molecule has 2 heterocycles. The van der Waals surface area contributed by atoms with Gasteiger partial charge in [-0.25, -0.2) is 4.79 Å². The molecule has 0 spiro atoms. The standard InChI is InChI=1S/C15H19N3O2/c19-15(20-11-12-5-2-1-3-6-12)18-10-4-7-13(18)14-16-8-9-17-14/h1-3,5-6,13H,4,7-11H2,(H,16,17). The largest absolute Gasteiger partial charge is 0.445 e. The van der Waals surface area contributed by atoms with Crippen LogP contribution in [-0.4, -0.2) is 42.5 Å². The second kappa shape index (κ2) is 5.94. The second-order valence-corrected chi connectivity index (χ2v) is 5.09. The van der Waals surface area contributed by atoms with Gasteiger partial charge in [0.05, 0.1) is 12.6 Å². The highest BCUT2D eigenvalue weighted by Gasteiger charge is 2.34. The molecular weight excluding hydrogens is 254 g/mol. The lowest BCUT2D eigenvalue weighted by molar-refractivity contribution is 0.0990. The van der Waals surface area contributed by atoms with Gasteiger partial charge in [0.15, 0.2) is 0 Å². The molecule has 1 amide bonds. The molecule has 0 radical (unpaired) electrons. The molecule has 0 aliphatic carbocycles. The molecule has 1 saturated heterocycles. The van der Waals surface area contributed by atoms with E-state index in [0.29, 0.717) is 6.61 Å². The van der Waals surface area contributed by atoms with Gasteiger partial charge in [0.1, 0.15) is 12.4 Å². The number of hydrogen-bond donors (Lipinski definition) is 1. The van der Waals surface area contributed by atoms with E-state index in [0.717, 1.165) is 43.9 Å². The summed E-state index contributed by atoms with van der Waals surface area (Å²) in [6, 6.07) is 9.82. The van der Waals surface area contributed by atoms with Crippen LogP contribution < -0.4 is 5.32 Å². The Labute approximate surface area is 118 Å². The normalized spacial score (nSPS) is 21.5. The molecular formula is C15H19N3O2. The number of carbonyl (C=O) groups is 1. The second-order valence-electron chi connectivity index (χ2n) is 5.09. The molecule has 0 bridgehead atoms. The van der Waals surface area contributed by atoms with Crippen molar-refractivity contribution in [3.63, 3.8) is 0 Å². The maximum absolute atomic E-state index is 12.2. The smallest absolute Gasteiger partial charge is 0.410 e. The lowest BCUT2D eigenvalue weighted by atomic mass is 10.2. The van der Waals surface area contributed by atoms with Crippen LogP contribution in [0.4, 0.5) is 4.79 Å². The minimum atomic E-state index is -0.243. The molecule has 5 nitrogen and oxygen atoms in total. The topological polar surface area (TPSA) is 53.9 Å². The number of aliphatic imine (C=N–C) groups is 1. The number of hydrogen-bond acceptors (Lipinski definition) is 4. The molecule has 3 rings (SSSR count). The van der Waals surface area contributed by atoms with Gasteiger partial charge in [-0.3, -0.25) is 9.89 Å². The van der Waals surface area contributed by atoms with Gasteiger partial charge in [0.25, 0.3) is 0 Å². The fraction of sp³-hybridized carbons (Fsp3) is 0.467. The zero-order valence-electron chi connectivity index (χ0n) is 11.4. The minimum absolute atomic E-state index is 0.0702. The van der Waals surface area contributed by atoms with Crippen molar-refractivity contribution < 1.29 is 9.53 Å². The first-order chi connectivity index (χ1) is 9.84. The summed E-state index contributed by atoms with van der Waals surface area (Å²) in [5.74, 6) is 0.944. The highest BCUT2D eigenvalue weighted by Crippen LogP contribution is 2.20. The van der Waals surface area contributed by atoms with Crippen LogP contribution in [0.5, 0.6) is 0 Å². The van der Waals surface area contributed by atoms with Gasteiger partial charge < -0.3 is 10.1 Å². The van der Waals surface area contributed by atoms with Crippen molar-refractivity contribution in [3.05, 3.63) is 35.9 Å². The first-order valence-electron chi connectivity index (χ1n) is 7.10. The number of nitrogens with one attached hydrogen (secondary N) is 1. The third-order valence-electron chi connectivity index (χ3n) is 3.71. The third kappa shape index (κ3) is 2.76. The van der Waals surface area contributed by atoms with Crippen LogP contribution in [0, 0.1) is 0 Å². The van der Waals surface area contributed by atoms with Crippen LogP contribution in [-0.2, 0) is 11.3 Å². The van der Waals surface area contributed by atoms with Crippen molar-refractivity contribution in [1.29, 1.82) is 0 Å². The molecule has 1 aromatic carbocycles. The molecule has 1 aromatic rings. The maximum Gasteiger partial charge on any atom is 0.410 e. The number of amides is 1. The molecule has 1 N–H and O–H groups in total. The molecule has 2 aliphatic heterocycles. The molecule has 0 saturated carbocycles. The zero-order valence-corrected chi connectivity index (χ0v) is 11.4. The molecule has 5 heteroatoms. The predicted octanol–water partition coefficient (Wildman–Crippen LogP) is 1.79. The third-order valence-corrected chi connectivity index (χ3v) is 3.71. The summed E-state index contributed by atoms with van der Waals surface area (Å²) in [7, 11) is 0. The van der Waals surface area contributed by atoms with E-state index >= 15 is 0 Å². The van der Waals surface area contributed by atoms with Gasteiger partial charge in [0, 0.05) is 13.1 Å². The van der Waals surface area contributed by atoms with E-state index in [2.05, 4.69) is 10.3 Å². The highest BCUT2D eigenvalue weighted by atomic mass is 16.6. The van der Waals surface area contributed by atoms with E-state index in [-0.39, 0.29) is 12.1 Å². The molecule has 1 fully saturated rings. The van der Waals surface area contributed by atoms with Crippen LogP contribution in [0.2, 0.25) is 0 Å². The number of rotatable bonds is 3. The highest BCUT2D eigenvalue weighted by molar-refractivity contribution is 5.91. The quantitative estimate of drug-likeness (QED) is 0.913. The Bertz CT molecular complexity index is 501. The van der Waals surface area contributed by atoms with Crippen molar-refractivity contribution >= 4 is 11.9 Å². The monoisotopic (exact) mass is 273 g/mol. The predicted molar refractivity (Wildman–Crippen MR) is 76.7 cm³/mol. The number of carbonyl (C=O) groups excluding carboxylic acids is 1. The number of likely N-dealkylation sites (tertiary alicyclic amines) is 1. The van der Waals surface area contributed by atoms with E-state index in [1.165, 1.54) is 0 Å². The van der Waals surface area contributed by atoms with Gasteiger partial charge in [-0.15, -0.1) is 0 Å². The molecule has 106 valence electrons. The first-order valence-corrected chi connectivity index (χ1v) is 7.10. The maximum atomic E-state index is 12.2. The van der Waals surface area contributed by atoms with Crippen LogP contribution in [0.25, 0.3) is 0 Å². The van der Waals surface area contributed by atoms with E-state index in [4.69, 9.17) is 4.74 Å². The van der Waals surface area contributed by atoms with E-state index in [1.807, 2.05) is 30.3 Å². The number of benzene rings is 1. The van der Waals surface area contributed by atoms with Crippen molar-refractivity contribution in [3.8, 4) is 0 Å². The SMILES string of the molecule is O=C(OCc1ccccc1)N1CCCC1C1=NCCN1. The van der Waals surface area contributed by atoms with E-state index in [9.17, 15) is 4.79 Å². The zero-order chi connectivity index (χ0) is 13.8. The fourth-order valence-electron chi connectivity index (χ4n) is 2.71. The van der Waals surface area contributed by atoms with Gasteiger partial charge in [0.2, 0.25) is 0 Å². The number of amidine groups is 1. The first kappa shape index (κ1) is 13.0. The number of ether oxygens (including phenoxy) is 1. The van der Waals surface area contributed by atoms with Gasteiger partial charge in [-0.2, -0.15) is 0 Å². The van der Waals surface area contributed by atoms with Crippen molar-refractivity contribution in [2.75, 3.05) is 19.6 Å². The Morgan fingerprint density at radius 1 is 1.40 bits per heavy atom. The molecule has 1 atom stereocenters. The van der Waals surface area contributed by atoms with Crippen molar-refractivity contribution in [2.24, 2.45) is 4.99 Å². The summed E-state index contributed by atoms with van der Waals surface area (Å²) in [6.07, 6.45) is 1.73. The Morgan fingerprint density at radius 2 is 2.25 bits per heavy atom. The molecule has 2 aliphatic rings. The summed E-state index contributed by atoms with van der Waals surface area (Å²) in [5.41, 5.74) is 1.01. The van der Waals surface area contributed by atoms with Crippen LogP contribution in [0.15, 0.2) is 35.3 Å². The van der Waals surface area contributed by atoms with Crippen molar-refractivity contribution in [1.82, 2.24) is 10.2 Å². The lowest BCUT2D eigenvalue weighted by Crippen LogP contribution is -2.44. The van der Waals surface area contributed by atoms with Gasteiger partial charge in [-0.1, -0.05) is 30.3 Å².